The SMILES string of the molecule is CN(C)C(=CCc1ccccc1)Cc1ccccc1. The van der Waals surface area contributed by atoms with Crippen LogP contribution in [-0.2, 0) is 12.8 Å². The van der Waals surface area contributed by atoms with E-state index in [1.165, 1.54) is 16.8 Å². The Balaban J connectivity index is 2.08. The molecule has 1 nitrogen and oxygen atoms in total. The third-order valence-electron chi connectivity index (χ3n) is 3.22. The molecule has 98 valence electrons. The summed E-state index contributed by atoms with van der Waals surface area (Å²) in [7, 11) is 4.22. The van der Waals surface area contributed by atoms with Crippen molar-refractivity contribution in [3.8, 4) is 0 Å². The van der Waals surface area contributed by atoms with Gasteiger partial charge < -0.3 is 4.90 Å². The highest BCUT2D eigenvalue weighted by molar-refractivity contribution is 5.24. The number of hydrogen-bond donors (Lipinski definition) is 0. The molecule has 0 aliphatic rings. The lowest BCUT2D eigenvalue weighted by atomic mass is 10.1. The summed E-state index contributed by atoms with van der Waals surface area (Å²) in [4.78, 5) is 2.20. The molecule has 0 saturated heterocycles. The van der Waals surface area contributed by atoms with Crippen LogP contribution >= 0.6 is 0 Å². The van der Waals surface area contributed by atoms with Crippen LogP contribution in [0.5, 0.6) is 0 Å². The average molecular weight is 251 g/mol. The van der Waals surface area contributed by atoms with Crippen LogP contribution in [0.4, 0.5) is 0 Å². The molecule has 0 radical (unpaired) electrons. The summed E-state index contributed by atoms with van der Waals surface area (Å²) in [5.41, 5.74) is 4.07. The predicted octanol–water partition coefficient (Wildman–Crippen LogP) is 3.92. The minimum atomic E-state index is 0.987. The molecular formula is C18H21N. The predicted molar refractivity (Wildman–Crippen MR) is 82.1 cm³/mol. The third-order valence-corrected chi connectivity index (χ3v) is 3.22. The monoisotopic (exact) mass is 251 g/mol. The van der Waals surface area contributed by atoms with Gasteiger partial charge in [-0.1, -0.05) is 66.7 Å². The number of rotatable bonds is 5. The van der Waals surface area contributed by atoms with Crippen LogP contribution in [0, 0.1) is 0 Å². The van der Waals surface area contributed by atoms with Crippen molar-refractivity contribution >= 4 is 0 Å². The highest BCUT2D eigenvalue weighted by Gasteiger charge is 2.01. The van der Waals surface area contributed by atoms with Crippen LogP contribution in [0.3, 0.4) is 0 Å². The van der Waals surface area contributed by atoms with E-state index in [1.807, 2.05) is 0 Å². The van der Waals surface area contributed by atoms with Crippen molar-refractivity contribution in [3.63, 3.8) is 0 Å². The van der Waals surface area contributed by atoms with Crippen LogP contribution in [-0.4, -0.2) is 19.0 Å². The van der Waals surface area contributed by atoms with Gasteiger partial charge in [-0.05, 0) is 17.5 Å². The van der Waals surface area contributed by atoms with Crippen molar-refractivity contribution in [2.45, 2.75) is 12.8 Å². The van der Waals surface area contributed by atoms with Crippen LogP contribution in [0.1, 0.15) is 11.1 Å². The minimum absolute atomic E-state index is 0.987. The quantitative estimate of drug-likeness (QED) is 0.778. The fourth-order valence-corrected chi connectivity index (χ4v) is 2.07. The topological polar surface area (TPSA) is 3.24 Å². The van der Waals surface area contributed by atoms with Crippen molar-refractivity contribution in [2.75, 3.05) is 14.1 Å². The molecule has 0 atom stereocenters. The van der Waals surface area contributed by atoms with Gasteiger partial charge in [0.15, 0.2) is 0 Å². The summed E-state index contributed by atoms with van der Waals surface area (Å²) < 4.78 is 0. The fourth-order valence-electron chi connectivity index (χ4n) is 2.07. The number of allylic oxidation sites excluding steroid dienone is 2. The van der Waals surface area contributed by atoms with E-state index >= 15 is 0 Å². The van der Waals surface area contributed by atoms with Crippen molar-refractivity contribution in [3.05, 3.63) is 83.6 Å². The van der Waals surface area contributed by atoms with E-state index in [9.17, 15) is 0 Å². The maximum atomic E-state index is 2.32. The smallest absolute Gasteiger partial charge is 0.0135 e. The summed E-state index contributed by atoms with van der Waals surface area (Å²) in [5, 5.41) is 0. The van der Waals surface area contributed by atoms with Gasteiger partial charge in [0.1, 0.15) is 0 Å². The van der Waals surface area contributed by atoms with E-state index in [2.05, 4.69) is 85.7 Å². The second-order valence-corrected chi connectivity index (χ2v) is 4.94. The molecular weight excluding hydrogens is 230 g/mol. The molecule has 0 aliphatic heterocycles. The maximum absolute atomic E-state index is 2.32. The zero-order valence-corrected chi connectivity index (χ0v) is 11.7. The van der Waals surface area contributed by atoms with Gasteiger partial charge in [0, 0.05) is 26.2 Å². The molecule has 2 rings (SSSR count). The lowest BCUT2D eigenvalue weighted by molar-refractivity contribution is 0.496. The van der Waals surface area contributed by atoms with Crippen LogP contribution < -0.4 is 0 Å². The zero-order valence-electron chi connectivity index (χ0n) is 11.7. The Labute approximate surface area is 116 Å². The van der Waals surface area contributed by atoms with Gasteiger partial charge in [-0.15, -0.1) is 0 Å². The van der Waals surface area contributed by atoms with Crippen LogP contribution in [0.2, 0.25) is 0 Å². The summed E-state index contributed by atoms with van der Waals surface area (Å²) >= 11 is 0. The number of benzene rings is 2. The average Bonchev–Trinajstić information content (AvgIpc) is 2.45. The first-order chi connectivity index (χ1) is 9.25. The third kappa shape index (κ3) is 4.29. The first-order valence-electron chi connectivity index (χ1n) is 6.70. The molecule has 0 fully saturated rings. The van der Waals surface area contributed by atoms with Crippen LogP contribution in [0.25, 0.3) is 0 Å². The van der Waals surface area contributed by atoms with Gasteiger partial charge >= 0.3 is 0 Å². The molecule has 0 aliphatic carbocycles. The molecule has 0 heterocycles. The van der Waals surface area contributed by atoms with E-state index in [4.69, 9.17) is 0 Å². The van der Waals surface area contributed by atoms with E-state index in [0.29, 0.717) is 0 Å². The van der Waals surface area contributed by atoms with Crippen LogP contribution in [0.15, 0.2) is 72.4 Å². The molecule has 0 aromatic heterocycles. The summed E-state index contributed by atoms with van der Waals surface area (Å²) in [6.45, 7) is 0. The van der Waals surface area contributed by atoms with Crippen molar-refractivity contribution in [1.29, 1.82) is 0 Å². The molecule has 19 heavy (non-hydrogen) atoms. The maximum Gasteiger partial charge on any atom is 0.0135 e. The summed E-state index contributed by atoms with van der Waals surface area (Å²) in [6, 6.07) is 21.2. The molecule has 0 amide bonds. The Bertz CT molecular complexity index is 512. The van der Waals surface area contributed by atoms with E-state index in [1.54, 1.807) is 0 Å². The standard InChI is InChI=1S/C18H21N/c1-19(2)18(15-17-11-7-4-8-12-17)14-13-16-9-5-3-6-10-16/h3-12,14H,13,15H2,1-2H3. The lowest BCUT2D eigenvalue weighted by Gasteiger charge is -2.17. The number of likely N-dealkylation sites (N-methyl/N-ethyl adjacent to an activating group) is 1. The molecule has 0 saturated carbocycles. The second-order valence-electron chi connectivity index (χ2n) is 4.94. The van der Waals surface area contributed by atoms with Gasteiger partial charge in [0.2, 0.25) is 0 Å². The number of nitrogens with zero attached hydrogens (tertiary/aromatic N) is 1. The van der Waals surface area contributed by atoms with Gasteiger partial charge in [-0.2, -0.15) is 0 Å². The Hall–Kier alpha value is -2.02. The Morgan fingerprint density at radius 1 is 0.842 bits per heavy atom. The zero-order chi connectivity index (χ0) is 13.5. The van der Waals surface area contributed by atoms with E-state index < -0.39 is 0 Å². The molecule has 0 bridgehead atoms. The first kappa shape index (κ1) is 13.4. The van der Waals surface area contributed by atoms with Gasteiger partial charge in [-0.25, -0.2) is 0 Å². The lowest BCUT2D eigenvalue weighted by Crippen LogP contribution is -2.13. The highest BCUT2D eigenvalue weighted by Crippen LogP contribution is 2.11. The molecule has 0 N–H and O–H groups in total. The van der Waals surface area contributed by atoms with Gasteiger partial charge in [0.05, 0.1) is 0 Å². The molecule has 2 aromatic rings. The van der Waals surface area contributed by atoms with Gasteiger partial charge in [-0.3, -0.25) is 0 Å². The fraction of sp³-hybridized carbons (Fsp3) is 0.222. The van der Waals surface area contributed by atoms with Crippen molar-refractivity contribution in [2.24, 2.45) is 0 Å². The summed E-state index contributed by atoms with van der Waals surface area (Å²) in [6.07, 6.45) is 4.30. The molecule has 0 spiro atoms. The molecule has 0 unspecified atom stereocenters. The molecule has 1 heteroatoms. The number of hydrogen-bond acceptors (Lipinski definition) is 1. The van der Waals surface area contributed by atoms with Crippen molar-refractivity contribution < 1.29 is 0 Å². The largest absolute Gasteiger partial charge is 0.381 e. The van der Waals surface area contributed by atoms with E-state index in [-0.39, 0.29) is 0 Å². The summed E-state index contributed by atoms with van der Waals surface area (Å²) in [5.74, 6) is 0. The normalized spacial score (nSPS) is 11.4. The Morgan fingerprint density at radius 2 is 1.37 bits per heavy atom. The minimum Gasteiger partial charge on any atom is -0.381 e. The molecule has 2 aromatic carbocycles. The first-order valence-corrected chi connectivity index (χ1v) is 6.70. The van der Waals surface area contributed by atoms with Gasteiger partial charge in [0.25, 0.3) is 0 Å². The Morgan fingerprint density at radius 3 is 1.89 bits per heavy atom. The Kier molecular flexibility index (Phi) is 4.79. The second kappa shape index (κ2) is 6.79. The van der Waals surface area contributed by atoms with E-state index in [0.717, 1.165) is 12.8 Å². The van der Waals surface area contributed by atoms with Crippen molar-refractivity contribution in [1.82, 2.24) is 4.90 Å². The highest BCUT2D eigenvalue weighted by atomic mass is 15.1.